The number of anilines is 1. The van der Waals surface area contributed by atoms with E-state index in [2.05, 4.69) is 9.88 Å². The van der Waals surface area contributed by atoms with Gasteiger partial charge in [0.1, 0.15) is 11.5 Å². The Balaban J connectivity index is 1.74. The molecule has 2 aromatic rings. The molecule has 4 rings (SSSR count). The van der Waals surface area contributed by atoms with Crippen molar-refractivity contribution in [1.29, 1.82) is 0 Å². The van der Waals surface area contributed by atoms with Crippen LogP contribution in [0.3, 0.4) is 0 Å². The fraction of sp³-hybridized carbons (Fsp3) is 0.474. The molecule has 130 valence electrons. The summed E-state index contributed by atoms with van der Waals surface area (Å²) >= 11 is 0. The largest absolute Gasteiger partial charge is 0.481 e. The fourth-order valence-corrected chi connectivity index (χ4v) is 3.87. The Labute approximate surface area is 147 Å². The van der Waals surface area contributed by atoms with Crippen molar-refractivity contribution in [3.63, 3.8) is 0 Å². The highest BCUT2D eigenvalue weighted by Gasteiger charge is 2.34. The number of rotatable bonds is 3. The molecule has 3 heterocycles. The Hall–Kier alpha value is -2.50. The van der Waals surface area contributed by atoms with Crippen LogP contribution in [0.4, 0.5) is 5.82 Å². The molecule has 2 unspecified atom stereocenters. The van der Waals surface area contributed by atoms with Gasteiger partial charge in [0.2, 0.25) is 0 Å². The van der Waals surface area contributed by atoms with Gasteiger partial charge in [-0.25, -0.2) is 9.97 Å². The second-order valence-electron chi connectivity index (χ2n) is 7.02. The molecule has 2 aromatic heterocycles. The molecule has 6 heteroatoms. The van der Waals surface area contributed by atoms with Crippen molar-refractivity contribution in [3.8, 4) is 11.5 Å². The lowest BCUT2D eigenvalue weighted by molar-refractivity contribution is -0.143. The van der Waals surface area contributed by atoms with Gasteiger partial charge in [0, 0.05) is 30.5 Å². The Morgan fingerprint density at radius 2 is 2.16 bits per heavy atom. The minimum absolute atomic E-state index is 0.193. The van der Waals surface area contributed by atoms with E-state index in [0.717, 1.165) is 49.4 Å². The quantitative estimate of drug-likeness (QED) is 0.926. The predicted octanol–water partition coefficient (Wildman–Crippen LogP) is 2.57. The average molecular weight is 338 g/mol. The van der Waals surface area contributed by atoms with Crippen molar-refractivity contribution >= 4 is 11.8 Å². The Morgan fingerprint density at radius 3 is 2.92 bits per heavy atom. The van der Waals surface area contributed by atoms with Gasteiger partial charge in [-0.1, -0.05) is 13.0 Å². The van der Waals surface area contributed by atoms with Crippen LogP contribution >= 0.6 is 0 Å². The van der Waals surface area contributed by atoms with E-state index >= 15 is 0 Å². The molecular weight excluding hydrogens is 316 g/mol. The minimum Gasteiger partial charge on any atom is -0.481 e. The number of aromatic nitrogens is 3. The van der Waals surface area contributed by atoms with Gasteiger partial charge in [-0.05, 0) is 43.7 Å². The van der Waals surface area contributed by atoms with Crippen molar-refractivity contribution in [2.24, 2.45) is 11.8 Å². The third-order valence-electron chi connectivity index (χ3n) is 5.38. The summed E-state index contributed by atoms with van der Waals surface area (Å²) in [5.74, 6) is 0.689. The molecule has 1 aliphatic carbocycles. The number of aliphatic carboxylic acids is 1. The fourth-order valence-electron chi connectivity index (χ4n) is 3.87. The molecule has 0 amide bonds. The monoisotopic (exact) mass is 338 g/mol. The third-order valence-corrected chi connectivity index (χ3v) is 5.38. The Morgan fingerprint density at radius 1 is 1.28 bits per heavy atom. The molecule has 1 aliphatic heterocycles. The highest BCUT2D eigenvalue weighted by Crippen LogP contribution is 2.34. The summed E-state index contributed by atoms with van der Waals surface area (Å²) in [6.07, 6.45) is 5.62. The van der Waals surface area contributed by atoms with Gasteiger partial charge in [0.15, 0.2) is 5.82 Å². The van der Waals surface area contributed by atoms with Crippen LogP contribution in [-0.4, -0.2) is 39.1 Å². The summed E-state index contributed by atoms with van der Waals surface area (Å²) in [4.78, 5) is 27.7. The molecule has 6 nitrogen and oxygen atoms in total. The van der Waals surface area contributed by atoms with E-state index in [0.29, 0.717) is 12.4 Å². The summed E-state index contributed by atoms with van der Waals surface area (Å²) in [6, 6.07) is 5.72. The zero-order valence-corrected chi connectivity index (χ0v) is 14.4. The third kappa shape index (κ3) is 2.97. The smallest absolute Gasteiger partial charge is 0.308 e. The molecule has 0 spiro atoms. The van der Waals surface area contributed by atoms with Gasteiger partial charge in [-0.15, -0.1) is 0 Å². The number of pyridine rings is 1. The van der Waals surface area contributed by atoms with Crippen LogP contribution in [0.2, 0.25) is 0 Å². The van der Waals surface area contributed by atoms with Crippen LogP contribution in [0.25, 0.3) is 11.5 Å². The molecule has 25 heavy (non-hydrogen) atoms. The molecule has 1 N–H and O–H groups in total. The van der Waals surface area contributed by atoms with E-state index in [1.807, 2.05) is 25.1 Å². The molecule has 1 saturated heterocycles. The summed E-state index contributed by atoms with van der Waals surface area (Å²) in [6.45, 7) is 3.39. The van der Waals surface area contributed by atoms with Crippen molar-refractivity contribution in [1.82, 2.24) is 15.0 Å². The van der Waals surface area contributed by atoms with E-state index in [1.165, 1.54) is 5.56 Å². The zero-order chi connectivity index (χ0) is 17.4. The van der Waals surface area contributed by atoms with Crippen molar-refractivity contribution < 1.29 is 9.90 Å². The van der Waals surface area contributed by atoms with Gasteiger partial charge in [0.25, 0.3) is 0 Å². The van der Waals surface area contributed by atoms with Crippen molar-refractivity contribution in [2.75, 3.05) is 18.0 Å². The van der Waals surface area contributed by atoms with Crippen LogP contribution in [0.15, 0.2) is 24.4 Å². The number of piperidine rings is 1. The Bertz CT molecular complexity index is 794. The number of hydrogen-bond acceptors (Lipinski definition) is 5. The highest BCUT2D eigenvalue weighted by atomic mass is 16.4. The van der Waals surface area contributed by atoms with E-state index in [1.54, 1.807) is 6.20 Å². The SMILES string of the molecule is CC1CCN(c2nc(-c3ccccn3)nc3c2CCC3)CC1C(=O)O. The van der Waals surface area contributed by atoms with Crippen molar-refractivity contribution in [3.05, 3.63) is 35.7 Å². The van der Waals surface area contributed by atoms with Gasteiger partial charge in [0.05, 0.1) is 5.92 Å². The lowest BCUT2D eigenvalue weighted by Gasteiger charge is -2.36. The van der Waals surface area contributed by atoms with E-state index in [9.17, 15) is 9.90 Å². The first-order chi connectivity index (χ1) is 12.1. The lowest BCUT2D eigenvalue weighted by Crippen LogP contribution is -2.43. The molecule has 0 radical (unpaired) electrons. The molecule has 0 bridgehead atoms. The number of fused-ring (bicyclic) bond motifs is 1. The van der Waals surface area contributed by atoms with Crippen LogP contribution in [0, 0.1) is 11.8 Å². The predicted molar refractivity (Wildman–Crippen MR) is 94.4 cm³/mol. The molecular formula is C19H22N4O2. The molecule has 0 saturated carbocycles. The number of carbonyl (C=O) groups is 1. The number of aryl methyl sites for hydroxylation is 1. The summed E-state index contributed by atoms with van der Waals surface area (Å²) < 4.78 is 0. The van der Waals surface area contributed by atoms with Crippen LogP contribution < -0.4 is 4.90 Å². The van der Waals surface area contributed by atoms with Crippen molar-refractivity contribution in [2.45, 2.75) is 32.6 Å². The summed E-state index contributed by atoms with van der Waals surface area (Å²) in [7, 11) is 0. The molecule has 1 fully saturated rings. The van der Waals surface area contributed by atoms with E-state index in [4.69, 9.17) is 9.97 Å². The maximum atomic E-state index is 11.6. The molecule has 2 aliphatic rings. The maximum Gasteiger partial charge on any atom is 0.308 e. The first-order valence-corrected chi connectivity index (χ1v) is 8.92. The average Bonchev–Trinajstić information content (AvgIpc) is 3.10. The van der Waals surface area contributed by atoms with Gasteiger partial charge in [-0.2, -0.15) is 0 Å². The van der Waals surface area contributed by atoms with Gasteiger partial charge >= 0.3 is 5.97 Å². The van der Waals surface area contributed by atoms with Gasteiger partial charge < -0.3 is 10.0 Å². The minimum atomic E-state index is -0.715. The van der Waals surface area contributed by atoms with Crippen LogP contribution in [-0.2, 0) is 17.6 Å². The molecule has 0 aromatic carbocycles. The standard InChI is InChI=1S/C19H22N4O2/c1-12-8-10-23(11-14(12)19(24)25)18-13-5-4-7-15(13)21-17(22-18)16-6-2-3-9-20-16/h2-3,6,9,12,14H,4-5,7-8,10-11H2,1H3,(H,24,25). The second kappa shape index (κ2) is 6.43. The number of nitrogens with zero attached hydrogens (tertiary/aromatic N) is 4. The first-order valence-electron chi connectivity index (χ1n) is 8.92. The van der Waals surface area contributed by atoms with E-state index in [-0.39, 0.29) is 11.8 Å². The first kappa shape index (κ1) is 16.0. The lowest BCUT2D eigenvalue weighted by atomic mass is 9.87. The van der Waals surface area contributed by atoms with Crippen LogP contribution in [0.5, 0.6) is 0 Å². The van der Waals surface area contributed by atoms with Gasteiger partial charge in [-0.3, -0.25) is 9.78 Å². The van der Waals surface area contributed by atoms with E-state index < -0.39 is 5.97 Å². The topological polar surface area (TPSA) is 79.2 Å². The molecule has 2 atom stereocenters. The van der Waals surface area contributed by atoms with Crippen LogP contribution in [0.1, 0.15) is 31.0 Å². The second-order valence-corrected chi connectivity index (χ2v) is 7.02. The number of carboxylic acid groups (broad SMARTS) is 1. The summed E-state index contributed by atoms with van der Waals surface area (Å²) in [5.41, 5.74) is 3.05. The number of hydrogen-bond donors (Lipinski definition) is 1. The Kier molecular flexibility index (Phi) is 4.11. The maximum absolute atomic E-state index is 11.6. The summed E-state index contributed by atoms with van der Waals surface area (Å²) in [5, 5.41) is 9.53. The number of carboxylic acids is 1. The normalized spacial score (nSPS) is 22.7. The zero-order valence-electron chi connectivity index (χ0n) is 14.4. The highest BCUT2D eigenvalue weighted by molar-refractivity contribution is 5.72.